The second-order valence-electron chi connectivity index (χ2n) is 4.29. The summed E-state index contributed by atoms with van der Waals surface area (Å²) in [6.45, 7) is -0.225. The fraction of sp³-hybridized carbons (Fsp3) is 0.364. The zero-order chi connectivity index (χ0) is 16.6. The normalized spacial score (nSPS) is 12.7. The number of hydrogen-bond acceptors (Lipinski definition) is 3. The molecule has 1 aromatic rings. The first-order valence-corrected chi connectivity index (χ1v) is 7.66. The number of carboxylic acids is 1. The maximum atomic E-state index is 12.3. The van der Waals surface area contributed by atoms with Gasteiger partial charge in [-0.25, -0.2) is 13.2 Å². The summed E-state index contributed by atoms with van der Waals surface area (Å²) in [6.07, 6.45) is -4.70. The lowest BCUT2D eigenvalue weighted by molar-refractivity contribution is -0.134. The molecule has 0 atom stereocenters. The summed E-state index contributed by atoms with van der Waals surface area (Å²) in [6, 6.07) is 2.04. The topological polar surface area (TPSA) is 74.7 Å². The van der Waals surface area contributed by atoms with Gasteiger partial charge in [-0.1, -0.05) is 0 Å². The number of aryl methyl sites for hydroxylation is 1. The van der Waals surface area contributed by atoms with Crippen LogP contribution in [0.5, 0.6) is 0 Å². The van der Waals surface area contributed by atoms with E-state index in [-0.39, 0.29) is 19.9 Å². The number of aromatic carboxylic acids is 1. The van der Waals surface area contributed by atoms with E-state index in [0.717, 1.165) is 13.1 Å². The zero-order valence-electron chi connectivity index (χ0n) is 10.9. The Kier molecular flexibility index (Phi) is 5.06. The molecular formula is C11H11BrF3NO4S. The third kappa shape index (κ3) is 4.17. The molecule has 0 aliphatic rings. The van der Waals surface area contributed by atoms with Crippen LogP contribution in [0.2, 0.25) is 0 Å². The summed E-state index contributed by atoms with van der Waals surface area (Å²) < 4.78 is 61.5. The first-order valence-electron chi connectivity index (χ1n) is 5.43. The largest absolute Gasteiger partial charge is 0.478 e. The van der Waals surface area contributed by atoms with Crippen molar-refractivity contribution in [1.29, 1.82) is 0 Å². The Morgan fingerprint density at radius 2 is 1.90 bits per heavy atom. The molecule has 5 nitrogen and oxygen atoms in total. The Bertz CT molecular complexity index is 673. The number of benzene rings is 1. The fourth-order valence-corrected chi connectivity index (χ4v) is 3.71. The molecular weight excluding hydrogens is 379 g/mol. The summed E-state index contributed by atoms with van der Waals surface area (Å²) in [5.74, 6) is -1.37. The van der Waals surface area contributed by atoms with Crippen LogP contribution in [0.4, 0.5) is 13.2 Å². The first-order chi connectivity index (χ1) is 9.36. The Balaban J connectivity index is 3.41. The minimum Gasteiger partial charge on any atom is -0.478 e. The van der Waals surface area contributed by atoms with Crippen LogP contribution < -0.4 is 0 Å². The maximum Gasteiger partial charge on any atom is 0.402 e. The van der Waals surface area contributed by atoms with Crippen LogP contribution >= 0.6 is 15.9 Å². The molecule has 0 aromatic heterocycles. The molecule has 0 bridgehead atoms. The molecule has 0 aliphatic heterocycles. The van der Waals surface area contributed by atoms with E-state index in [0.29, 0.717) is 0 Å². The van der Waals surface area contributed by atoms with Crippen LogP contribution in [0.25, 0.3) is 0 Å². The molecule has 0 aliphatic carbocycles. The number of sulfonamides is 1. The molecule has 0 fully saturated rings. The summed E-state index contributed by atoms with van der Waals surface area (Å²) in [5, 5.41) is 8.91. The van der Waals surface area contributed by atoms with Crippen LogP contribution in [0.15, 0.2) is 21.5 Å². The number of carbonyl (C=O) groups is 1. The van der Waals surface area contributed by atoms with E-state index >= 15 is 0 Å². The summed E-state index contributed by atoms with van der Waals surface area (Å²) >= 11 is 2.97. The van der Waals surface area contributed by atoms with Gasteiger partial charge in [-0.05, 0) is 40.5 Å². The van der Waals surface area contributed by atoms with Gasteiger partial charge in [0.05, 0.1) is 10.5 Å². The number of nitrogens with zero attached hydrogens (tertiary/aromatic N) is 1. The van der Waals surface area contributed by atoms with E-state index in [1.807, 2.05) is 0 Å². The van der Waals surface area contributed by atoms with Gasteiger partial charge in [0.2, 0.25) is 10.0 Å². The SMILES string of the molecule is Cc1cc(C(=O)O)cc(S(=O)(=O)N(C)CC(F)(F)F)c1Br. The summed E-state index contributed by atoms with van der Waals surface area (Å²) in [4.78, 5) is 10.4. The van der Waals surface area contributed by atoms with Crippen molar-refractivity contribution in [2.45, 2.75) is 18.0 Å². The first kappa shape index (κ1) is 17.9. The second-order valence-corrected chi connectivity index (χ2v) is 7.09. The molecule has 1 rings (SSSR count). The molecule has 1 aromatic carbocycles. The van der Waals surface area contributed by atoms with Crippen molar-refractivity contribution >= 4 is 31.9 Å². The molecule has 118 valence electrons. The van der Waals surface area contributed by atoms with Crippen molar-refractivity contribution < 1.29 is 31.5 Å². The monoisotopic (exact) mass is 389 g/mol. The van der Waals surface area contributed by atoms with Crippen molar-refractivity contribution in [1.82, 2.24) is 4.31 Å². The van der Waals surface area contributed by atoms with Crippen molar-refractivity contribution in [2.24, 2.45) is 0 Å². The molecule has 0 saturated carbocycles. The second kappa shape index (κ2) is 5.93. The quantitative estimate of drug-likeness (QED) is 0.858. The van der Waals surface area contributed by atoms with Crippen LogP contribution in [0.1, 0.15) is 15.9 Å². The number of alkyl halides is 3. The number of carboxylic acid groups (broad SMARTS) is 1. The van der Waals surface area contributed by atoms with Crippen LogP contribution in [0.3, 0.4) is 0 Å². The van der Waals surface area contributed by atoms with E-state index < -0.39 is 33.6 Å². The van der Waals surface area contributed by atoms with E-state index in [1.165, 1.54) is 13.0 Å². The average molecular weight is 390 g/mol. The molecule has 10 heteroatoms. The van der Waals surface area contributed by atoms with Crippen molar-refractivity contribution in [3.8, 4) is 0 Å². The highest BCUT2D eigenvalue weighted by Gasteiger charge is 2.36. The van der Waals surface area contributed by atoms with Gasteiger partial charge in [-0.15, -0.1) is 0 Å². The van der Waals surface area contributed by atoms with Gasteiger partial charge in [-0.3, -0.25) is 0 Å². The highest BCUT2D eigenvalue weighted by molar-refractivity contribution is 9.10. The fourth-order valence-electron chi connectivity index (χ4n) is 1.55. The lowest BCUT2D eigenvalue weighted by Crippen LogP contribution is -2.36. The Morgan fingerprint density at radius 1 is 1.38 bits per heavy atom. The van der Waals surface area contributed by atoms with Gasteiger partial charge in [0.15, 0.2) is 0 Å². The van der Waals surface area contributed by atoms with Gasteiger partial charge < -0.3 is 5.11 Å². The third-order valence-corrected chi connectivity index (χ3v) is 5.70. The molecule has 0 radical (unpaired) electrons. The standard InChI is InChI=1S/C11H11BrF3NO4S/c1-6-3-7(10(17)18)4-8(9(6)12)21(19,20)16(2)5-11(13,14)15/h3-4H,5H2,1-2H3,(H,17,18). The Hall–Kier alpha value is -1.13. The highest BCUT2D eigenvalue weighted by Crippen LogP contribution is 2.30. The van der Waals surface area contributed by atoms with Crippen LogP contribution in [-0.2, 0) is 10.0 Å². The number of rotatable bonds is 4. The molecule has 21 heavy (non-hydrogen) atoms. The predicted molar refractivity (Wildman–Crippen MR) is 71.7 cm³/mol. The Morgan fingerprint density at radius 3 is 2.33 bits per heavy atom. The van der Waals surface area contributed by atoms with Crippen LogP contribution in [0, 0.1) is 6.92 Å². The average Bonchev–Trinajstić information content (AvgIpc) is 2.29. The highest BCUT2D eigenvalue weighted by atomic mass is 79.9. The van der Waals surface area contributed by atoms with E-state index in [4.69, 9.17) is 5.11 Å². The van der Waals surface area contributed by atoms with E-state index in [2.05, 4.69) is 15.9 Å². The number of halogens is 4. The molecule has 0 heterocycles. The van der Waals surface area contributed by atoms with Crippen LogP contribution in [-0.4, -0.2) is 43.6 Å². The third-order valence-electron chi connectivity index (χ3n) is 2.56. The molecule has 0 spiro atoms. The Labute approximate surface area is 127 Å². The smallest absolute Gasteiger partial charge is 0.402 e. The summed E-state index contributed by atoms with van der Waals surface area (Å²) in [5.41, 5.74) is -0.0384. The van der Waals surface area contributed by atoms with E-state index in [9.17, 15) is 26.4 Å². The number of hydrogen-bond donors (Lipinski definition) is 1. The lowest BCUT2D eigenvalue weighted by Gasteiger charge is -2.20. The molecule has 1 N–H and O–H groups in total. The van der Waals surface area contributed by atoms with Gasteiger partial charge in [0.1, 0.15) is 6.54 Å². The zero-order valence-corrected chi connectivity index (χ0v) is 13.3. The van der Waals surface area contributed by atoms with Crippen molar-refractivity contribution in [3.05, 3.63) is 27.7 Å². The van der Waals surface area contributed by atoms with Gasteiger partial charge >= 0.3 is 12.1 Å². The summed E-state index contributed by atoms with van der Waals surface area (Å²) in [7, 11) is -3.70. The molecule has 0 saturated heterocycles. The van der Waals surface area contributed by atoms with Gasteiger partial charge in [0.25, 0.3) is 0 Å². The molecule has 0 amide bonds. The molecule has 0 unspecified atom stereocenters. The van der Waals surface area contributed by atoms with Gasteiger partial charge in [0, 0.05) is 11.5 Å². The van der Waals surface area contributed by atoms with Gasteiger partial charge in [-0.2, -0.15) is 17.5 Å². The minimum absolute atomic E-state index is 0.0292. The lowest BCUT2D eigenvalue weighted by atomic mass is 10.1. The minimum atomic E-state index is -4.70. The van der Waals surface area contributed by atoms with Crippen molar-refractivity contribution in [3.63, 3.8) is 0 Å². The predicted octanol–water partition coefficient (Wildman–Crippen LogP) is 2.64. The van der Waals surface area contributed by atoms with Crippen molar-refractivity contribution in [2.75, 3.05) is 13.6 Å². The van der Waals surface area contributed by atoms with E-state index in [1.54, 1.807) is 0 Å². The maximum absolute atomic E-state index is 12.3.